The van der Waals surface area contributed by atoms with Crippen LogP contribution in [0.1, 0.15) is 22.6 Å². The Bertz CT molecular complexity index is 2540. The zero-order chi connectivity index (χ0) is 29.5. The molecular formula is C43H28N2. The molecule has 7 aromatic carbocycles. The molecule has 2 heterocycles. The predicted molar refractivity (Wildman–Crippen MR) is 188 cm³/mol. The zero-order valence-corrected chi connectivity index (χ0v) is 24.6. The molecule has 0 atom stereocenters. The van der Waals surface area contributed by atoms with Gasteiger partial charge in [-0.05, 0) is 76.3 Å². The second-order valence-corrected chi connectivity index (χ2v) is 12.1. The third kappa shape index (κ3) is 3.39. The highest BCUT2D eigenvalue weighted by atomic mass is 15.0. The van der Waals surface area contributed by atoms with Crippen molar-refractivity contribution in [3.8, 4) is 22.5 Å². The molecule has 0 bridgehead atoms. The number of hydrogen-bond acceptors (Lipinski definition) is 0. The van der Waals surface area contributed by atoms with Gasteiger partial charge in [-0.15, -0.1) is 0 Å². The summed E-state index contributed by atoms with van der Waals surface area (Å²) in [5, 5.41) is 5.16. The van der Waals surface area contributed by atoms with Gasteiger partial charge in [-0.2, -0.15) is 0 Å². The van der Waals surface area contributed by atoms with Gasteiger partial charge in [-0.3, -0.25) is 0 Å². The number of hydrogen-bond donors (Lipinski definition) is 0. The SMILES string of the molecule is c1ccc(-n2c3ccccc3c3c4c5ccccc5n(-c5ccc(C6c7ccccc7-c7ccccc76)cc5)c4ccc32)cc1. The van der Waals surface area contributed by atoms with Gasteiger partial charge in [0.25, 0.3) is 0 Å². The van der Waals surface area contributed by atoms with Crippen LogP contribution in [0.3, 0.4) is 0 Å². The van der Waals surface area contributed by atoms with Crippen molar-refractivity contribution in [2.45, 2.75) is 5.92 Å². The Morgan fingerprint density at radius 2 is 0.778 bits per heavy atom. The lowest BCUT2D eigenvalue weighted by Gasteiger charge is -2.16. The Labute approximate surface area is 261 Å². The van der Waals surface area contributed by atoms with Gasteiger partial charge in [-0.25, -0.2) is 0 Å². The van der Waals surface area contributed by atoms with E-state index in [9.17, 15) is 0 Å². The highest BCUT2D eigenvalue weighted by Crippen LogP contribution is 2.48. The van der Waals surface area contributed by atoms with E-state index >= 15 is 0 Å². The second-order valence-electron chi connectivity index (χ2n) is 12.1. The maximum atomic E-state index is 2.44. The number of aromatic nitrogens is 2. The molecular weight excluding hydrogens is 544 g/mol. The van der Waals surface area contributed by atoms with Crippen molar-refractivity contribution in [2.24, 2.45) is 0 Å². The topological polar surface area (TPSA) is 9.86 Å². The van der Waals surface area contributed by atoms with Crippen LogP contribution in [0, 0.1) is 0 Å². The molecule has 45 heavy (non-hydrogen) atoms. The minimum Gasteiger partial charge on any atom is -0.309 e. The molecule has 0 saturated carbocycles. The zero-order valence-electron chi connectivity index (χ0n) is 24.6. The third-order valence-corrected chi connectivity index (χ3v) is 9.80. The molecule has 0 amide bonds. The van der Waals surface area contributed by atoms with Gasteiger partial charge in [0.15, 0.2) is 0 Å². The van der Waals surface area contributed by atoms with Crippen LogP contribution in [0.15, 0.2) is 164 Å². The lowest BCUT2D eigenvalue weighted by molar-refractivity contribution is 1.01. The van der Waals surface area contributed by atoms with Crippen LogP contribution >= 0.6 is 0 Å². The first kappa shape index (κ1) is 24.6. The molecule has 0 saturated heterocycles. The Hall–Kier alpha value is -5.86. The summed E-state index contributed by atoms with van der Waals surface area (Å²) >= 11 is 0. The van der Waals surface area contributed by atoms with E-state index in [1.54, 1.807) is 0 Å². The monoisotopic (exact) mass is 572 g/mol. The fourth-order valence-corrected chi connectivity index (χ4v) is 7.98. The fraction of sp³-hybridized carbons (Fsp3) is 0.0233. The number of rotatable bonds is 3. The first-order chi connectivity index (χ1) is 22.4. The molecule has 1 aliphatic rings. The summed E-state index contributed by atoms with van der Waals surface area (Å²) in [6.07, 6.45) is 0. The maximum absolute atomic E-state index is 2.44. The number of fused-ring (bicyclic) bond motifs is 10. The number of nitrogens with zero attached hydrogens (tertiary/aromatic N) is 2. The summed E-state index contributed by atoms with van der Waals surface area (Å²) in [7, 11) is 0. The van der Waals surface area contributed by atoms with Gasteiger partial charge in [0.1, 0.15) is 0 Å². The molecule has 0 N–H and O–H groups in total. The van der Waals surface area contributed by atoms with Crippen LogP contribution in [0.4, 0.5) is 0 Å². The largest absolute Gasteiger partial charge is 0.309 e. The fourth-order valence-electron chi connectivity index (χ4n) is 7.98. The number of benzene rings is 7. The van der Waals surface area contributed by atoms with Crippen molar-refractivity contribution in [1.82, 2.24) is 9.13 Å². The highest BCUT2D eigenvalue weighted by Gasteiger charge is 2.29. The van der Waals surface area contributed by atoms with E-state index < -0.39 is 0 Å². The molecule has 2 aromatic heterocycles. The molecule has 0 aliphatic heterocycles. The van der Waals surface area contributed by atoms with Crippen LogP contribution in [-0.4, -0.2) is 9.13 Å². The van der Waals surface area contributed by atoms with Gasteiger partial charge in [0, 0.05) is 38.8 Å². The molecule has 1 aliphatic carbocycles. The van der Waals surface area contributed by atoms with Gasteiger partial charge in [0.05, 0.1) is 22.1 Å². The molecule has 2 nitrogen and oxygen atoms in total. The van der Waals surface area contributed by atoms with Crippen molar-refractivity contribution < 1.29 is 0 Å². The van der Waals surface area contributed by atoms with Crippen LogP contribution in [0.2, 0.25) is 0 Å². The second kappa shape index (κ2) is 9.32. The smallest absolute Gasteiger partial charge is 0.0548 e. The van der Waals surface area contributed by atoms with E-state index in [0.29, 0.717) is 0 Å². The molecule has 10 rings (SSSR count). The Kier molecular flexibility index (Phi) is 5.09. The first-order valence-corrected chi connectivity index (χ1v) is 15.7. The molecule has 9 aromatic rings. The van der Waals surface area contributed by atoms with Crippen LogP contribution < -0.4 is 0 Å². The number of para-hydroxylation sites is 3. The Morgan fingerprint density at radius 1 is 0.333 bits per heavy atom. The normalized spacial score (nSPS) is 12.8. The van der Waals surface area contributed by atoms with Gasteiger partial charge in [0.2, 0.25) is 0 Å². The minimum absolute atomic E-state index is 0.244. The quantitative estimate of drug-likeness (QED) is 0.199. The molecule has 2 heteroatoms. The Balaban J connectivity index is 1.21. The van der Waals surface area contributed by atoms with Crippen LogP contribution in [0.5, 0.6) is 0 Å². The summed E-state index contributed by atoms with van der Waals surface area (Å²) in [6.45, 7) is 0. The highest BCUT2D eigenvalue weighted by molar-refractivity contribution is 6.28. The average molecular weight is 573 g/mol. The van der Waals surface area contributed by atoms with Gasteiger partial charge >= 0.3 is 0 Å². The molecule has 0 unspecified atom stereocenters. The molecule has 210 valence electrons. The predicted octanol–water partition coefficient (Wildman–Crippen LogP) is 11.0. The van der Waals surface area contributed by atoms with Crippen molar-refractivity contribution >= 4 is 43.6 Å². The van der Waals surface area contributed by atoms with E-state index in [1.165, 1.54) is 82.8 Å². The van der Waals surface area contributed by atoms with Crippen LogP contribution in [-0.2, 0) is 0 Å². The van der Waals surface area contributed by atoms with E-state index in [-0.39, 0.29) is 5.92 Å². The van der Waals surface area contributed by atoms with E-state index in [2.05, 4.69) is 173 Å². The summed E-state index contributed by atoms with van der Waals surface area (Å²) in [4.78, 5) is 0. The Morgan fingerprint density at radius 3 is 1.33 bits per heavy atom. The van der Waals surface area contributed by atoms with E-state index in [4.69, 9.17) is 0 Å². The van der Waals surface area contributed by atoms with Crippen molar-refractivity contribution in [2.75, 3.05) is 0 Å². The van der Waals surface area contributed by atoms with Crippen molar-refractivity contribution in [3.05, 3.63) is 180 Å². The molecule has 0 spiro atoms. The molecule has 0 radical (unpaired) electrons. The summed E-state index contributed by atoms with van der Waals surface area (Å²) in [5.41, 5.74) is 14.1. The first-order valence-electron chi connectivity index (χ1n) is 15.7. The van der Waals surface area contributed by atoms with Crippen molar-refractivity contribution in [3.63, 3.8) is 0 Å². The standard InChI is InChI=1S/C43H28N2/c1-2-12-29(13-3-1)44-37-20-10-8-18-35(37)42-39(44)26-27-40-43(42)36-19-9-11-21-38(36)45(40)30-24-22-28(23-25-30)41-33-16-6-4-14-31(33)32-15-5-7-17-34(32)41/h1-27,41H. The maximum Gasteiger partial charge on any atom is 0.0548 e. The summed E-state index contributed by atoms with van der Waals surface area (Å²) in [5.74, 6) is 0.244. The van der Waals surface area contributed by atoms with Crippen molar-refractivity contribution in [1.29, 1.82) is 0 Å². The molecule has 0 fully saturated rings. The summed E-state index contributed by atoms with van der Waals surface area (Å²) in [6, 6.07) is 60.0. The lowest BCUT2D eigenvalue weighted by Crippen LogP contribution is -2.00. The average Bonchev–Trinajstić information content (AvgIpc) is 3.74. The van der Waals surface area contributed by atoms with Gasteiger partial charge < -0.3 is 9.13 Å². The van der Waals surface area contributed by atoms with E-state index in [0.717, 1.165) is 0 Å². The van der Waals surface area contributed by atoms with E-state index in [1.807, 2.05) is 0 Å². The lowest BCUT2D eigenvalue weighted by atomic mass is 9.89. The third-order valence-electron chi connectivity index (χ3n) is 9.80. The minimum atomic E-state index is 0.244. The van der Waals surface area contributed by atoms with Crippen LogP contribution in [0.25, 0.3) is 66.1 Å². The van der Waals surface area contributed by atoms with Gasteiger partial charge in [-0.1, -0.05) is 115 Å². The summed E-state index contributed by atoms with van der Waals surface area (Å²) < 4.78 is 4.85.